The van der Waals surface area contributed by atoms with Crippen LogP contribution in [0.3, 0.4) is 0 Å². The molecule has 5 nitrogen and oxygen atoms in total. The lowest BCUT2D eigenvalue weighted by Gasteiger charge is -2.27. The van der Waals surface area contributed by atoms with Gasteiger partial charge in [0.05, 0.1) is 17.6 Å². The molecular weight excluding hydrogens is 406 g/mol. The van der Waals surface area contributed by atoms with E-state index in [1.807, 2.05) is 53.4 Å². The molecule has 1 saturated heterocycles. The molecule has 4 rings (SSSR count). The van der Waals surface area contributed by atoms with Crippen LogP contribution in [0, 0.1) is 0 Å². The summed E-state index contributed by atoms with van der Waals surface area (Å²) < 4.78 is 8.08. The number of ether oxygens (including phenoxy) is 1. The molecule has 0 bridgehead atoms. The zero-order valence-electron chi connectivity index (χ0n) is 17.8. The third-order valence-corrected chi connectivity index (χ3v) is 6.47. The van der Waals surface area contributed by atoms with Crippen LogP contribution >= 0.6 is 11.8 Å². The summed E-state index contributed by atoms with van der Waals surface area (Å²) >= 11 is 1.64. The number of nitrogens with zero attached hydrogens (tertiary/aromatic N) is 3. The molecule has 1 amide bonds. The Morgan fingerprint density at radius 1 is 1.10 bits per heavy atom. The van der Waals surface area contributed by atoms with Gasteiger partial charge in [0.15, 0.2) is 5.16 Å². The topological polar surface area (TPSA) is 47.4 Å². The Balaban J connectivity index is 1.43. The summed E-state index contributed by atoms with van der Waals surface area (Å²) in [6.45, 7) is 6.46. The number of rotatable bonds is 9. The van der Waals surface area contributed by atoms with Gasteiger partial charge in [0.25, 0.3) is 0 Å². The van der Waals surface area contributed by atoms with Gasteiger partial charge in [-0.25, -0.2) is 4.98 Å². The van der Waals surface area contributed by atoms with Gasteiger partial charge in [0, 0.05) is 18.8 Å². The summed E-state index contributed by atoms with van der Waals surface area (Å²) in [5, 5.41) is 0.870. The number of imidazole rings is 1. The van der Waals surface area contributed by atoms with Crippen molar-refractivity contribution in [3.05, 3.63) is 66.7 Å². The molecule has 0 radical (unpaired) electrons. The van der Waals surface area contributed by atoms with Gasteiger partial charge in [0.2, 0.25) is 5.91 Å². The van der Waals surface area contributed by atoms with Crippen LogP contribution in [0.5, 0.6) is 5.75 Å². The Kier molecular flexibility index (Phi) is 7.30. The highest BCUT2D eigenvalue weighted by atomic mass is 32.2. The lowest BCUT2D eigenvalue weighted by Crippen LogP contribution is -2.37. The van der Waals surface area contributed by atoms with Gasteiger partial charge in [-0.05, 0) is 49.4 Å². The third-order valence-electron chi connectivity index (χ3n) is 5.53. The van der Waals surface area contributed by atoms with Gasteiger partial charge in [0.1, 0.15) is 12.3 Å². The highest BCUT2D eigenvalue weighted by molar-refractivity contribution is 7.99. The van der Waals surface area contributed by atoms with Crippen LogP contribution in [-0.2, 0) is 17.8 Å². The lowest BCUT2D eigenvalue weighted by atomic mass is 10.1. The summed E-state index contributed by atoms with van der Waals surface area (Å²) in [6, 6.07) is 16.1. The van der Waals surface area contributed by atoms with Crippen molar-refractivity contribution in [2.45, 2.75) is 37.4 Å². The first kappa shape index (κ1) is 21.5. The van der Waals surface area contributed by atoms with E-state index in [0.717, 1.165) is 65.6 Å². The first-order chi connectivity index (χ1) is 15.3. The first-order valence-electron chi connectivity index (χ1n) is 10.9. The number of hydrogen-bond acceptors (Lipinski definition) is 4. The molecule has 0 N–H and O–H groups in total. The molecule has 2 heterocycles. The summed E-state index contributed by atoms with van der Waals surface area (Å²) in [6.07, 6.45) is 6.09. The SMILES string of the molecule is C=CCc1ccccc1OCCSc1nc2ccccc2n1CC(=O)N1CCCCC1. The van der Waals surface area contributed by atoms with Crippen LogP contribution in [0.25, 0.3) is 11.0 Å². The molecule has 2 aromatic carbocycles. The Morgan fingerprint density at radius 2 is 1.87 bits per heavy atom. The highest BCUT2D eigenvalue weighted by Gasteiger charge is 2.20. The minimum absolute atomic E-state index is 0.180. The Labute approximate surface area is 188 Å². The van der Waals surface area contributed by atoms with Crippen LogP contribution in [0.4, 0.5) is 0 Å². The number of piperidine rings is 1. The van der Waals surface area contributed by atoms with Crippen molar-refractivity contribution in [3.63, 3.8) is 0 Å². The number of carbonyl (C=O) groups excluding carboxylic acids is 1. The van der Waals surface area contributed by atoms with Crippen LogP contribution in [0.15, 0.2) is 66.3 Å². The molecule has 0 spiro atoms. The summed E-state index contributed by atoms with van der Waals surface area (Å²) in [5.74, 6) is 1.83. The number of thioether (sulfide) groups is 1. The fraction of sp³-hybridized carbons (Fsp3) is 0.360. The number of carbonyl (C=O) groups is 1. The number of amides is 1. The highest BCUT2D eigenvalue weighted by Crippen LogP contribution is 2.25. The van der Waals surface area contributed by atoms with Gasteiger partial charge in [-0.1, -0.05) is 48.2 Å². The van der Waals surface area contributed by atoms with Gasteiger partial charge in [-0.2, -0.15) is 0 Å². The van der Waals surface area contributed by atoms with Crippen molar-refractivity contribution in [2.75, 3.05) is 25.4 Å². The minimum atomic E-state index is 0.180. The van der Waals surface area contributed by atoms with Gasteiger partial charge in [-0.15, -0.1) is 6.58 Å². The summed E-state index contributed by atoms with van der Waals surface area (Å²) in [5.41, 5.74) is 3.07. The Morgan fingerprint density at radius 3 is 2.71 bits per heavy atom. The number of aromatic nitrogens is 2. The zero-order chi connectivity index (χ0) is 21.5. The maximum Gasteiger partial charge on any atom is 0.242 e. The molecule has 1 aromatic heterocycles. The molecule has 1 aliphatic heterocycles. The van der Waals surface area contributed by atoms with E-state index in [4.69, 9.17) is 9.72 Å². The number of allylic oxidation sites excluding steroid dienone is 1. The van der Waals surface area contributed by atoms with Crippen molar-refractivity contribution in [1.29, 1.82) is 0 Å². The van der Waals surface area contributed by atoms with E-state index in [9.17, 15) is 4.79 Å². The van der Waals surface area contributed by atoms with Gasteiger partial charge >= 0.3 is 0 Å². The monoisotopic (exact) mass is 435 g/mol. The predicted octanol–water partition coefficient (Wildman–Crippen LogP) is 4.95. The van der Waals surface area contributed by atoms with Gasteiger partial charge < -0.3 is 14.2 Å². The fourth-order valence-electron chi connectivity index (χ4n) is 3.95. The van der Waals surface area contributed by atoms with Crippen molar-refractivity contribution in [3.8, 4) is 5.75 Å². The Hall–Kier alpha value is -2.73. The van der Waals surface area contributed by atoms with E-state index in [0.29, 0.717) is 13.2 Å². The van der Waals surface area contributed by atoms with Crippen LogP contribution in [0.1, 0.15) is 24.8 Å². The molecule has 162 valence electrons. The zero-order valence-corrected chi connectivity index (χ0v) is 18.7. The van der Waals surface area contributed by atoms with Gasteiger partial charge in [-0.3, -0.25) is 4.79 Å². The number of benzene rings is 2. The molecule has 6 heteroatoms. The van der Waals surface area contributed by atoms with E-state index >= 15 is 0 Å². The second kappa shape index (κ2) is 10.5. The van der Waals surface area contributed by atoms with Crippen LogP contribution in [0.2, 0.25) is 0 Å². The molecule has 0 unspecified atom stereocenters. The number of fused-ring (bicyclic) bond motifs is 1. The fourth-order valence-corrected chi connectivity index (χ4v) is 4.78. The normalized spacial score (nSPS) is 14.0. The van der Waals surface area contributed by atoms with E-state index in [1.165, 1.54) is 6.42 Å². The number of hydrogen-bond donors (Lipinski definition) is 0. The molecule has 0 atom stereocenters. The number of likely N-dealkylation sites (tertiary alicyclic amines) is 1. The van der Waals surface area contributed by atoms with E-state index < -0.39 is 0 Å². The minimum Gasteiger partial charge on any atom is -0.492 e. The average Bonchev–Trinajstić information content (AvgIpc) is 3.15. The maximum atomic E-state index is 12.9. The molecule has 0 saturated carbocycles. The molecule has 31 heavy (non-hydrogen) atoms. The van der Waals surface area contributed by atoms with Crippen molar-refractivity contribution in [2.24, 2.45) is 0 Å². The molecule has 3 aromatic rings. The summed E-state index contributed by atoms with van der Waals surface area (Å²) in [7, 11) is 0. The smallest absolute Gasteiger partial charge is 0.242 e. The second-order valence-electron chi connectivity index (χ2n) is 7.71. The molecular formula is C25H29N3O2S. The average molecular weight is 436 g/mol. The number of para-hydroxylation sites is 3. The quantitative estimate of drug-likeness (QED) is 0.271. The predicted molar refractivity (Wildman–Crippen MR) is 127 cm³/mol. The second-order valence-corrected chi connectivity index (χ2v) is 8.77. The van der Waals surface area contributed by atoms with Crippen molar-refractivity contribution < 1.29 is 9.53 Å². The lowest BCUT2D eigenvalue weighted by molar-refractivity contribution is -0.132. The standard InChI is InChI=1S/C25H29N3O2S/c1-2-10-20-11-4-7-14-23(20)30-17-18-31-25-26-21-12-5-6-13-22(21)28(25)19-24(29)27-15-8-3-9-16-27/h2,4-7,11-14H,1,3,8-10,15-19H2. The Bertz CT molecular complexity index is 1040. The van der Waals surface area contributed by atoms with E-state index in [1.54, 1.807) is 11.8 Å². The van der Waals surface area contributed by atoms with Crippen molar-refractivity contribution in [1.82, 2.24) is 14.5 Å². The maximum absolute atomic E-state index is 12.9. The third kappa shape index (κ3) is 5.31. The van der Waals surface area contributed by atoms with E-state index in [-0.39, 0.29) is 5.91 Å². The van der Waals surface area contributed by atoms with E-state index in [2.05, 4.69) is 17.2 Å². The molecule has 1 aliphatic rings. The van der Waals surface area contributed by atoms with Crippen LogP contribution < -0.4 is 4.74 Å². The summed E-state index contributed by atoms with van der Waals surface area (Å²) in [4.78, 5) is 19.7. The first-order valence-corrected chi connectivity index (χ1v) is 11.9. The molecule has 1 fully saturated rings. The molecule has 0 aliphatic carbocycles. The van der Waals surface area contributed by atoms with Crippen molar-refractivity contribution >= 4 is 28.7 Å². The largest absolute Gasteiger partial charge is 0.492 e. The van der Waals surface area contributed by atoms with Crippen LogP contribution in [-0.4, -0.2) is 45.8 Å².